The summed E-state index contributed by atoms with van der Waals surface area (Å²) in [6, 6.07) is 12.7. The summed E-state index contributed by atoms with van der Waals surface area (Å²) in [6.07, 6.45) is 1.97. The van der Waals surface area contributed by atoms with Gasteiger partial charge in [-0.25, -0.2) is 0 Å². The van der Waals surface area contributed by atoms with E-state index >= 15 is 0 Å². The number of allylic oxidation sites excluding steroid dienone is 3. The third-order valence-electron chi connectivity index (χ3n) is 5.86. The molecule has 1 atom stereocenters. The lowest BCUT2D eigenvalue weighted by Crippen LogP contribution is -2.36. The van der Waals surface area contributed by atoms with Crippen LogP contribution in [-0.2, 0) is 11.4 Å². The number of carbonyl (C=O) groups is 1. The highest BCUT2D eigenvalue weighted by Crippen LogP contribution is 2.45. The highest BCUT2D eigenvalue weighted by molar-refractivity contribution is 6.35. The van der Waals surface area contributed by atoms with Crippen molar-refractivity contribution < 1.29 is 9.53 Å². The van der Waals surface area contributed by atoms with E-state index in [0.29, 0.717) is 44.2 Å². The summed E-state index contributed by atoms with van der Waals surface area (Å²) in [5.41, 5.74) is 9.62. The first-order chi connectivity index (χ1) is 15.3. The number of nitrogens with two attached hydrogens (primary N) is 1. The van der Waals surface area contributed by atoms with Crippen molar-refractivity contribution in [2.75, 3.05) is 7.05 Å². The molecule has 0 fully saturated rings. The second kappa shape index (κ2) is 9.07. The number of benzene rings is 2. The first kappa shape index (κ1) is 22.5. The molecule has 2 aromatic rings. The van der Waals surface area contributed by atoms with Crippen LogP contribution in [0.25, 0.3) is 0 Å². The van der Waals surface area contributed by atoms with Gasteiger partial charge in [-0.15, -0.1) is 0 Å². The predicted molar refractivity (Wildman–Crippen MR) is 125 cm³/mol. The molecule has 0 spiro atoms. The molecule has 32 heavy (non-hydrogen) atoms. The van der Waals surface area contributed by atoms with Crippen LogP contribution in [0.1, 0.15) is 36.3 Å². The normalized spacial score (nSPS) is 18.5. The van der Waals surface area contributed by atoms with Crippen LogP contribution in [0.15, 0.2) is 59.1 Å². The summed E-state index contributed by atoms with van der Waals surface area (Å²) >= 11 is 18.7. The van der Waals surface area contributed by atoms with Crippen molar-refractivity contribution in [3.05, 3.63) is 85.3 Å². The monoisotopic (exact) mass is 487 g/mol. The molecule has 0 unspecified atom stereocenters. The average molecular weight is 489 g/mol. The summed E-state index contributed by atoms with van der Waals surface area (Å²) < 4.78 is 5.86. The summed E-state index contributed by atoms with van der Waals surface area (Å²) in [7, 11) is 1.79. The molecular weight excluding hydrogens is 469 g/mol. The number of carbonyl (C=O) groups excluding carboxylic acids is 1. The van der Waals surface area contributed by atoms with E-state index in [1.807, 2.05) is 6.07 Å². The number of halogens is 3. The molecule has 8 heteroatoms. The number of Topliss-reactive ketones (excluding diaryl/α,β-unsaturated/α-hetero) is 1. The molecule has 1 aliphatic carbocycles. The minimum Gasteiger partial charge on any atom is -0.487 e. The molecule has 0 aromatic heterocycles. The maximum atomic E-state index is 12.9. The molecule has 2 N–H and O–H groups in total. The summed E-state index contributed by atoms with van der Waals surface area (Å²) in [5.74, 6) is 0.321. The van der Waals surface area contributed by atoms with Gasteiger partial charge in [0.25, 0.3) is 0 Å². The topological polar surface area (TPSA) is 79.3 Å². The van der Waals surface area contributed by atoms with Crippen LogP contribution in [0.5, 0.6) is 5.75 Å². The molecule has 0 amide bonds. The molecular formula is C24H20Cl3N3O2. The van der Waals surface area contributed by atoms with Gasteiger partial charge < -0.3 is 15.4 Å². The van der Waals surface area contributed by atoms with Gasteiger partial charge in [0.1, 0.15) is 18.2 Å². The van der Waals surface area contributed by atoms with E-state index in [2.05, 4.69) is 6.07 Å². The van der Waals surface area contributed by atoms with E-state index in [-0.39, 0.29) is 12.4 Å². The maximum Gasteiger partial charge on any atom is 0.161 e. The smallest absolute Gasteiger partial charge is 0.161 e. The van der Waals surface area contributed by atoms with Crippen molar-refractivity contribution in [1.29, 1.82) is 5.26 Å². The predicted octanol–water partition coefficient (Wildman–Crippen LogP) is 5.96. The van der Waals surface area contributed by atoms with Crippen molar-refractivity contribution in [3.8, 4) is 11.8 Å². The minimum atomic E-state index is -0.545. The number of nitriles is 1. The molecule has 0 radical (unpaired) electrons. The van der Waals surface area contributed by atoms with Crippen LogP contribution >= 0.6 is 34.8 Å². The van der Waals surface area contributed by atoms with Crippen LogP contribution in [0.3, 0.4) is 0 Å². The molecule has 2 aliphatic rings. The third kappa shape index (κ3) is 4.06. The molecule has 0 saturated carbocycles. The largest absolute Gasteiger partial charge is 0.487 e. The average Bonchev–Trinajstić information content (AvgIpc) is 2.76. The van der Waals surface area contributed by atoms with E-state index in [1.165, 1.54) is 0 Å². The lowest BCUT2D eigenvalue weighted by molar-refractivity contribution is -0.116. The van der Waals surface area contributed by atoms with Gasteiger partial charge in [0.05, 0.1) is 22.6 Å². The number of nitrogens with zero attached hydrogens (tertiary/aromatic N) is 2. The summed E-state index contributed by atoms with van der Waals surface area (Å²) in [5, 5.41) is 11.3. The Morgan fingerprint density at radius 3 is 2.62 bits per heavy atom. The Labute approximate surface area is 201 Å². The van der Waals surface area contributed by atoms with Crippen LogP contribution in [-0.4, -0.2) is 17.7 Å². The maximum absolute atomic E-state index is 12.9. The molecule has 2 aromatic carbocycles. The molecule has 0 bridgehead atoms. The zero-order chi connectivity index (χ0) is 23.0. The summed E-state index contributed by atoms with van der Waals surface area (Å²) in [6.45, 7) is 0.216. The van der Waals surface area contributed by atoms with Crippen molar-refractivity contribution in [3.63, 3.8) is 0 Å². The number of ketones is 1. The van der Waals surface area contributed by atoms with Gasteiger partial charge >= 0.3 is 0 Å². The van der Waals surface area contributed by atoms with Gasteiger partial charge in [-0.05, 0) is 42.7 Å². The lowest BCUT2D eigenvalue weighted by atomic mass is 9.76. The fourth-order valence-corrected chi connectivity index (χ4v) is 4.91. The molecule has 1 aliphatic heterocycles. The molecule has 4 rings (SSSR count). The Kier molecular flexibility index (Phi) is 6.39. The number of ether oxygens (including phenoxy) is 1. The Bertz CT molecular complexity index is 1210. The molecule has 0 saturated heterocycles. The lowest BCUT2D eigenvalue weighted by Gasteiger charge is -2.37. The van der Waals surface area contributed by atoms with E-state index in [9.17, 15) is 10.1 Å². The van der Waals surface area contributed by atoms with Gasteiger partial charge in [0, 0.05) is 40.3 Å². The zero-order valence-electron chi connectivity index (χ0n) is 17.3. The molecule has 5 nitrogen and oxygen atoms in total. The number of hydrogen-bond donors (Lipinski definition) is 1. The van der Waals surface area contributed by atoms with Crippen molar-refractivity contribution in [2.24, 2.45) is 5.73 Å². The SMILES string of the molecule is CN1C(N)=C(C#N)[C@H](c2ccc(OCc3ccc(Cl)cc3Cl)c(Cl)c2)C2=C1CCCC2=O. The van der Waals surface area contributed by atoms with Crippen LogP contribution in [0.2, 0.25) is 15.1 Å². The van der Waals surface area contributed by atoms with E-state index < -0.39 is 5.92 Å². The quantitative estimate of drug-likeness (QED) is 0.575. The number of rotatable bonds is 4. The third-order valence-corrected chi connectivity index (χ3v) is 6.74. The van der Waals surface area contributed by atoms with Gasteiger partial charge in [0.2, 0.25) is 0 Å². The highest BCUT2D eigenvalue weighted by Gasteiger charge is 2.38. The minimum absolute atomic E-state index is 0.0391. The Morgan fingerprint density at radius 2 is 1.94 bits per heavy atom. The first-order valence-electron chi connectivity index (χ1n) is 10.1. The summed E-state index contributed by atoms with van der Waals surface area (Å²) in [4.78, 5) is 14.6. The highest BCUT2D eigenvalue weighted by atomic mass is 35.5. The van der Waals surface area contributed by atoms with Gasteiger partial charge in [-0.2, -0.15) is 5.26 Å². The van der Waals surface area contributed by atoms with Crippen LogP contribution in [0.4, 0.5) is 0 Å². The fourth-order valence-electron chi connectivity index (χ4n) is 4.20. The van der Waals surface area contributed by atoms with E-state index in [0.717, 1.165) is 29.7 Å². The van der Waals surface area contributed by atoms with Gasteiger partial charge in [0.15, 0.2) is 5.78 Å². The van der Waals surface area contributed by atoms with Crippen LogP contribution in [0, 0.1) is 11.3 Å². The van der Waals surface area contributed by atoms with E-state index in [4.69, 9.17) is 45.3 Å². The standard InChI is InChI=1S/C24H20Cl3N3O2/c1-30-19-3-2-4-20(31)23(19)22(16(11-28)24(30)29)13-6-8-21(18(27)9-13)32-12-14-5-7-15(25)10-17(14)26/h5-10,22H,2-4,12,29H2,1H3/t22-/m0/s1. The van der Waals surface area contributed by atoms with Crippen molar-refractivity contribution >= 4 is 40.6 Å². The second-order valence-electron chi connectivity index (χ2n) is 7.75. The van der Waals surface area contributed by atoms with E-state index in [1.54, 1.807) is 42.3 Å². The molecule has 1 heterocycles. The zero-order valence-corrected chi connectivity index (χ0v) is 19.6. The Balaban J connectivity index is 1.67. The Morgan fingerprint density at radius 1 is 1.16 bits per heavy atom. The number of hydrogen-bond acceptors (Lipinski definition) is 5. The fraction of sp³-hybridized carbons (Fsp3) is 0.250. The van der Waals surface area contributed by atoms with Crippen molar-refractivity contribution in [2.45, 2.75) is 31.8 Å². The molecule has 164 valence electrons. The first-order valence-corrected chi connectivity index (χ1v) is 11.2. The second-order valence-corrected chi connectivity index (χ2v) is 9.00. The van der Waals surface area contributed by atoms with Gasteiger partial charge in [-0.3, -0.25) is 4.79 Å². The van der Waals surface area contributed by atoms with Crippen LogP contribution < -0.4 is 10.5 Å². The Hall–Kier alpha value is -2.65. The van der Waals surface area contributed by atoms with Crippen molar-refractivity contribution in [1.82, 2.24) is 4.90 Å². The van der Waals surface area contributed by atoms with Gasteiger partial charge in [-0.1, -0.05) is 46.9 Å².